The number of carbonyl (C=O) groups is 1. The summed E-state index contributed by atoms with van der Waals surface area (Å²) < 4.78 is 6.75. The first-order chi connectivity index (χ1) is 7.75. The third-order valence-electron chi connectivity index (χ3n) is 1.90. The number of hydrogen-bond acceptors (Lipinski definition) is 4. The van der Waals surface area contributed by atoms with Crippen molar-refractivity contribution >= 4 is 5.97 Å². The molecule has 0 radical (unpaired) electrons. The summed E-state index contributed by atoms with van der Waals surface area (Å²) in [4.78, 5) is 10.3. The summed E-state index contributed by atoms with van der Waals surface area (Å²) in [6.45, 7) is -0.356. The number of nitrogens with zero attached hydrogens (tertiary/aromatic N) is 3. The highest BCUT2D eigenvalue weighted by molar-refractivity contribution is 5.68. The Morgan fingerprint density at radius 2 is 2.12 bits per heavy atom. The van der Waals surface area contributed by atoms with Crippen LogP contribution in [0.15, 0.2) is 36.9 Å². The molecule has 0 atom stereocenters. The average Bonchev–Trinajstić information content (AvgIpc) is 2.80. The van der Waals surface area contributed by atoms with Crippen LogP contribution in [0.1, 0.15) is 0 Å². The molecule has 1 aromatic carbocycles. The summed E-state index contributed by atoms with van der Waals surface area (Å²) in [7, 11) is 0. The lowest BCUT2D eigenvalue weighted by atomic mass is 10.3. The molecule has 2 aromatic rings. The first-order valence-corrected chi connectivity index (χ1v) is 4.55. The molecule has 1 N–H and O–H groups in total. The van der Waals surface area contributed by atoms with Crippen molar-refractivity contribution in [2.45, 2.75) is 0 Å². The molecule has 0 amide bonds. The van der Waals surface area contributed by atoms with Crippen molar-refractivity contribution in [1.82, 2.24) is 14.8 Å². The molecule has 6 nitrogen and oxygen atoms in total. The summed E-state index contributed by atoms with van der Waals surface area (Å²) >= 11 is 0. The van der Waals surface area contributed by atoms with Crippen LogP contribution in [0.5, 0.6) is 5.75 Å². The van der Waals surface area contributed by atoms with E-state index in [2.05, 4.69) is 10.2 Å². The number of benzene rings is 1. The van der Waals surface area contributed by atoms with Gasteiger partial charge in [0.2, 0.25) is 0 Å². The Hall–Kier alpha value is -2.37. The van der Waals surface area contributed by atoms with Gasteiger partial charge in [0.25, 0.3) is 0 Å². The predicted molar refractivity (Wildman–Crippen MR) is 54.5 cm³/mol. The molecule has 0 aliphatic heterocycles. The number of aromatic nitrogens is 3. The van der Waals surface area contributed by atoms with Crippen molar-refractivity contribution < 1.29 is 14.6 Å². The van der Waals surface area contributed by atoms with Gasteiger partial charge in [-0.05, 0) is 12.1 Å². The Morgan fingerprint density at radius 1 is 1.38 bits per heavy atom. The third kappa shape index (κ3) is 2.35. The largest absolute Gasteiger partial charge is 0.482 e. The van der Waals surface area contributed by atoms with Crippen LogP contribution in [0.3, 0.4) is 0 Å². The highest BCUT2D eigenvalue weighted by Gasteiger charge is 2.01. The van der Waals surface area contributed by atoms with E-state index in [1.165, 1.54) is 0 Å². The van der Waals surface area contributed by atoms with Crippen LogP contribution >= 0.6 is 0 Å². The molecular weight excluding hydrogens is 210 g/mol. The van der Waals surface area contributed by atoms with Crippen LogP contribution in [-0.2, 0) is 4.79 Å². The number of ether oxygens (including phenoxy) is 1. The molecular formula is C10H9N3O3. The van der Waals surface area contributed by atoms with Gasteiger partial charge in [0, 0.05) is 6.07 Å². The molecule has 6 heteroatoms. The zero-order valence-electron chi connectivity index (χ0n) is 8.28. The van der Waals surface area contributed by atoms with Gasteiger partial charge in [-0.1, -0.05) is 6.07 Å². The maximum atomic E-state index is 10.3. The van der Waals surface area contributed by atoms with E-state index in [0.717, 1.165) is 5.69 Å². The minimum Gasteiger partial charge on any atom is -0.482 e. The molecule has 0 aliphatic rings. The maximum absolute atomic E-state index is 10.3. The van der Waals surface area contributed by atoms with Crippen LogP contribution in [0.4, 0.5) is 0 Å². The molecule has 0 aliphatic carbocycles. The van der Waals surface area contributed by atoms with Gasteiger partial charge in [-0.3, -0.25) is 4.57 Å². The fourth-order valence-electron chi connectivity index (χ4n) is 1.21. The Balaban J connectivity index is 2.17. The van der Waals surface area contributed by atoms with Crippen molar-refractivity contribution in [3.05, 3.63) is 36.9 Å². The van der Waals surface area contributed by atoms with Gasteiger partial charge in [-0.15, -0.1) is 10.2 Å². The quantitative estimate of drug-likeness (QED) is 0.820. The van der Waals surface area contributed by atoms with Crippen LogP contribution in [0, 0.1) is 0 Å². The molecule has 0 bridgehead atoms. The van der Waals surface area contributed by atoms with Crippen molar-refractivity contribution in [3.63, 3.8) is 0 Å². The third-order valence-corrected chi connectivity index (χ3v) is 1.90. The number of carboxylic acid groups (broad SMARTS) is 1. The molecule has 82 valence electrons. The van der Waals surface area contributed by atoms with Crippen LogP contribution in [0.25, 0.3) is 5.69 Å². The summed E-state index contributed by atoms with van der Waals surface area (Å²) in [5.74, 6) is -0.511. The van der Waals surface area contributed by atoms with Gasteiger partial charge in [0.1, 0.15) is 18.4 Å². The fourth-order valence-corrected chi connectivity index (χ4v) is 1.21. The van der Waals surface area contributed by atoms with E-state index in [4.69, 9.17) is 9.84 Å². The van der Waals surface area contributed by atoms with Gasteiger partial charge in [-0.2, -0.15) is 0 Å². The van der Waals surface area contributed by atoms with Gasteiger partial charge < -0.3 is 9.84 Å². The lowest BCUT2D eigenvalue weighted by Gasteiger charge is -2.05. The maximum Gasteiger partial charge on any atom is 0.341 e. The van der Waals surface area contributed by atoms with Crippen LogP contribution < -0.4 is 4.74 Å². The normalized spacial score (nSPS) is 10.0. The molecule has 2 rings (SSSR count). The van der Waals surface area contributed by atoms with Crippen LogP contribution in [0.2, 0.25) is 0 Å². The Bertz CT molecular complexity index is 482. The molecule has 0 unspecified atom stereocenters. The van der Waals surface area contributed by atoms with E-state index >= 15 is 0 Å². The minimum absolute atomic E-state index is 0.356. The minimum atomic E-state index is -1.00. The summed E-state index contributed by atoms with van der Waals surface area (Å²) in [6, 6.07) is 7.02. The highest BCUT2D eigenvalue weighted by atomic mass is 16.5. The van der Waals surface area contributed by atoms with E-state index in [0.29, 0.717) is 5.75 Å². The van der Waals surface area contributed by atoms with Gasteiger partial charge in [0.15, 0.2) is 6.61 Å². The molecule has 1 aromatic heterocycles. The fraction of sp³-hybridized carbons (Fsp3) is 0.100. The number of carboxylic acids is 1. The summed E-state index contributed by atoms with van der Waals surface area (Å²) in [6.07, 6.45) is 3.10. The first kappa shape index (κ1) is 10.2. The van der Waals surface area contributed by atoms with Gasteiger partial charge >= 0.3 is 5.97 Å². The molecule has 1 heterocycles. The Morgan fingerprint density at radius 3 is 2.81 bits per heavy atom. The van der Waals surface area contributed by atoms with Crippen molar-refractivity contribution in [2.24, 2.45) is 0 Å². The first-order valence-electron chi connectivity index (χ1n) is 4.55. The Labute approximate surface area is 91.1 Å². The summed E-state index contributed by atoms with van der Waals surface area (Å²) in [5, 5.41) is 15.8. The topological polar surface area (TPSA) is 77.2 Å². The molecule has 16 heavy (non-hydrogen) atoms. The lowest BCUT2D eigenvalue weighted by Crippen LogP contribution is -2.09. The van der Waals surface area contributed by atoms with Crippen LogP contribution in [-0.4, -0.2) is 32.4 Å². The molecule has 0 saturated carbocycles. The number of hydrogen-bond donors (Lipinski definition) is 1. The second-order valence-electron chi connectivity index (χ2n) is 3.05. The van der Waals surface area contributed by atoms with E-state index in [9.17, 15) is 4.79 Å². The van der Waals surface area contributed by atoms with E-state index in [-0.39, 0.29) is 6.61 Å². The van der Waals surface area contributed by atoms with Crippen molar-refractivity contribution in [2.75, 3.05) is 6.61 Å². The monoisotopic (exact) mass is 219 g/mol. The smallest absolute Gasteiger partial charge is 0.341 e. The number of aliphatic carboxylic acids is 1. The zero-order valence-corrected chi connectivity index (χ0v) is 8.28. The molecule has 0 spiro atoms. The molecule has 0 saturated heterocycles. The van der Waals surface area contributed by atoms with Crippen molar-refractivity contribution in [1.29, 1.82) is 0 Å². The Kier molecular flexibility index (Phi) is 2.81. The predicted octanol–water partition coefficient (Wildman–Crippen LogP) is 0.731. The lowest BCUT2D eigenvalue weighted by molar-refractivity contribution is -0.139. The second-order valence-corrected chi connectivity index (χ2v) is 3.05. The van der Waals surface area contributed by atoms with Gasteiger partial charge in [-0.25, -0.2) is 4.79 Å². The SMILES string of the molecule is O=C(O)COc1cccc(-n2cnnc2)c1. The van der Waals surface area contributed by atoms with Gasteiger partial charge in [0.05, 0.1) is 5.69 Å². The second kappa shape index (κ2) is 4.43. The standard InChI is InChI=1S/C10H9N3O3/c14-10(15)5-16-9-3-1-2-8(4-9)13-6-11-12-7-13/h1-4,6-7H,5H2,(H,14,15). The summed E-state index contributed by atoms with van der Waals surface area (Å²) in [5.41, 5.74) is 0.813. The van der Waals surface area contributed by atoms with E-state index in [1.54, 1.807) is 35.4 Å². The van der Waals surface area contributed by atoms with E-state index in [1.807, 2.05) is 6.07 Å². The zero-order chi connectivity index (χ0) is 11.4. The molecule has 0 fully saturated rings. The van der Waals surface area contributed by atoms with E-state index < -0.39 is 5.97 Å². The number of rotatable bonds is 4. The van der Waals surface area contributed by atoms with Crippen molar-refractivity contribution in [3.8, 4) is 11.4 Å². The highest BCUT2D eigenvalue weighted by Crippen LogP contribution is 2.15. The average molecular weight is 219 g/mol.